The Kier molecular flexibility index (Phi) is 5.97. The minimum Gasteiger partial charge on any atom is -0.496 e. The highest BCUT2D eigenvalue weighted by molar-refractivity contribution is 7.21. The van der Waals surface area contributed by atoms with Crippen molar-refractivity contribution in [2.24, 2.45) is 0 Å². The number of benzene rings is 1. The van der Waals surface area contributed by atoms with Gasteiger partial charge < -0.3 is 10.1 Å². The third-order valence-electron chi connectivity index (χ3n) is 6.23. The Bertz CT molecular complexity index is 1540. The van der Waals surface area contributed by atoms with Crippen LogP contribution in [0.1, 0.15) is 30.0 Å². The number of fused-ring (bicyclic) bond motifs is 1. The normalized spacial score (nSPS) is 16.0. The number of amides is 1. The highest BCUT2D eigenvalue weighted by Gasteiger charge is 2.30. The lowest BCUT2D eigenvalue weighted by atomic mass is 10.1. The second-order valence-electron chi connectivity index (χ2n) is 8.30. The molecule has 1 N–H and O–H groups in total. The van der Waals surface area contributed by atoms with Crippen LogP contribution in [0.15, 0.2) is 40.2 Å². The maximum Gasteiger partial charge on any atom is 0.332 e. The number of nitrogens with zero attached hydrogens (tertiary/aromatic N) is 5. The van der Waals surface area contributed by atoms with Crippen LogP contribution in [0.25, 0.3) is 15.2 Å². The lowest BCUT2D eigenvalue weighted by Crippen LogP contribution is -2.49. The summed E-state index contributed by atoms with van der Waals surface area (Å²) in [6, 6.07) is 3.31. The van der Waals surface area contributed by atoms with Crippen LogP contribution in [0.5, 0.6) is 5.75 Å². The predicted molar refractivity (Wildman–Crippen MR) is 128 cm³/mol. The van der Waals surface area contributed by atoms with Crippen molar-refractivity contribution in [2.45, 2.75) is 38.8 Å². The number of aromatic nitrogens is 5. The minimum absolute atomic E-state index is 0.149. The summed E-state index contributed by atoms with van der Waals surface area (Å²) in [6.07, 6.45) is 4.37. The van der Waals surface area contributed by atoms with Crippen molar-refractivity contribution in [3.8, 4) is 10.8 Å². The van der Waals surface area contributed by atoms with Gasteiger partial charge in [-0.15, -0.1) is 4.80 Å². The second-order valence-corrected chi connectivity index (χ2v) is 9.27. The molecule has 4 aromatic rings. The number of hydrogen-bond acceptors (Lipinski definition) is 7. The Morgan fingerprint density at radius 1 is 1.23 bits per heavy atom. The lowest BCUT2D eigenvalue weighted by molar-refractivity contribution is -0.126. The lowest BCUT2D eigenvalue weighted by Gasteiger charge is -2.24. The van der Waals surface area contributed by atoms with Crippen molar-refractivity contribution >= 4 is 27.5 Å². The van der Waals surface area contributed by atoms with Crippen molar-refractivity contribution < 1.29 is 13.9 Å². The van der Waals surface area contributed by atoms with E-state index in [-0.39, 0.29) is 18.9 Å². The molecular weight excluding hydrogens is 475 g/mol. The molecule has 0 aliphatic carbocycles. The van der Waals surface area contributed by atoms with Crippen molar-refractivity contribution in [3.63, 3.8) is 0 Å². The molecule has 0 unspecified atom stereocenters. The summed E-state index contributed by atoms with van der Waals surface area (Å²) in [5.74, 6) is -0.268. The standard InChI is InChI=1S/C23H23FN6O4S/c1-13-18-20(32)29(16-4-3-8-25-19(16)31)23(33)28(22(18)35-21(13)30-26-9-10-27-30)11-7-14-12-15(24)5-6-17(14)34-2/h5-6,9-10,12,16H,3-4,7-8,11H2,1-2H3,(H,25,31)/t16-/m0/s1. The number of rotatable bonds is 6. The molecule has 3 aromatic heterocycles. The molecule has 1 saturated heterocycles. The molecule has 35 heavy (non-hydrogen) atoms. The number of hydrogen-bond donors (Lipinski definition) is 1. The minimum atomic E-state index is -0.895. The van der Waals surface area contributed by atoms with Crippen LogP contribution in [0.3, 0.4) is 0 Å². The van der Waals surface area contributed by atoms with Gasteiger partial charge in [0.25, 0.3) is 5.56 Å². The van der Waals surface area contributed by atoms with Gasteiger partial charge in [0.1, 0.15) is 27.4 Å². The molecule has 182 valence electrons. The Hall–Kier alpha value is -3.80. The van der Waals surface area contributed by atoms with E-state index >= 15 is 0 Å². The number of methoxy groups -OCH3 is 1. The van der Waals surface area contributed by atoms with E-state index in [1.165, 1.54) is 58.4 Å². The molecule has 0 saturated carbocycles. The first kappa shape index (κ1) is 23.0. The molecule has 1 atom stereocenters. The molecule has 4 heterocycles. The number of halogens is 1. The van der Waals surface area contributed by atoms with Gasteiger partial charge in [-0.2, -0.15) is 10.2 Å². The molecule has 1 aromatic carbocycles. The third kappa shape index (κ3) is 3.93. The predicted octanol–water partition coefficient (Wildman–Crippen LogP) is 1.96. The maximum atomic E-state index is 13.9. The first-order valence-electron chi connectivity index (χ1n) is 11.2. The molecule has 0 radical (unpaired) electrons. The molecule has 1 aliphatic heterocycles. The van der Waals surface area contributed by atoms with Crippen molar-refractivity contribution in [1.29, 1.82) is 0 Å². The van der Waals surface area contributed by atoms with E-state index in [1.807, 2.05) is 0 Å². The average Bonchev–Trinajstić information content (AvgIpc) is 3.48. The molecule has 0 spiro atoms. The number of carbonyl (C=O) groups is 1. The molecule has 0 bridgehead atoms. The quantitative estimate of drug-likeness (QED) is 0.435. The van der Waals surface area contributed by atoms with Gasteiger partial charge in [0.05, 0.1) is 24.9 Å². The van der Waals surface area contributed by atoms with Gasteiger partial charge in [0, 0.05) is 18.7 Å². The zero-order chi connectivity index (χ0) is 24.7. The molecule has 10 nitrogen and oxygen atoms in total. The topological polar surface area (TPSA) is 113 Å². The van der Waals surface area contributed by atoms with Crippen LogP contribution in [-0.2, 0) is 17.8 Å². The Morgan fingerprint density at radius 2 is 2.00 bits per heavy atom. The highest BCUT2D eigenvalue weighted by Crippen LogP contribution is 2.31. The molecule has 1 aliphatic rings. The van der Waals surface area contributed by atoms with Crippen LogP contribution in [0.2, 0.25) is 0 Å². The first-order valence-corrected chi connectivity index (χ1v) is 12.0. The van der Waals surface area contributed by atoms with Gasteiger partial charge in [0.2, 0.25) is 5.91 Å². The fourth-order valence-corrected chi connectivity index (χ4v) is 5.75. The van der Waals surface area contributed by atoms with E-state index < -0.39 is 23.1 Å². The smallest absolute Gasteiger partial charge is 0.332 e. The summed E-state index contributed by atoms with van der Waals surface area (Å²) in [6.45, 7) is 2.43. The summed E-state index contributed by atoms with van der Waals surface area (Å²) in [5.41, 5.74) is 0.108. The van der Waals surface area contributed by atoms with Crippen LogP contribution in [-0.4, -0.2) is 43.7 Å². The number of aryl methyl sites for hydroxylation is 3. The first-order chi connectivity index (χ1) is 16.9. The van der Waals surface area contributed by atoms with Crippen LogP contribution in [0.4, 0.5) is 4.39 Å². The number of piperidine rings is 1. The molecule has 5 rings (SSSR count). The van der Waals surface area contributed by atoms with E-state index in [2.05, 4.69) is 15.5 Å². The monoisotopic (exact) mass is 498 g/mol. The fraction of sp³-hybridized carbons (Fsp3) is 0.348. The molecule has 1 amide bonds. The van der Waals surface area contributed by atoms with Crippen LogP contribution in [0, 0.1) is 12.7 Å². The van der Waals surface area contributed by atoms with Gasteiger partial charge in [-0.3, -0.25) is 14.2 Å². The van der Waals surface area contributed by atoms with E-state index in [0.29, 0.717) is 51.5 Å². The van der Waals surface area contributed by atoms with Gasteiger partial charge in [-0.25, -0.2) is 13.8 Å². The van der Waals surface area contributed by atoms with Crippen molar-refractivity contribution in [2.75, 3.05) is 13.7 Å². The molecule has 12 heteroatoms. The Morgan fingerprint density at radius 3 is 2.71 bits per heavy atom. The third-order valence-corrected chi connectivity index (χ3v) is 7.51. The Labute approximate surface area is 202 Å². The van der Waals surface area contributed by atoms with Gasteiger partial charge in [0.15, 0.2) is 0 Å². The van der Waals surface area contributed by atoms with Crippen molar-refractivity contribution in [1.82, 2.24) is 29.4 Å². The fourth-order valence-electron chi connectivity index (χ4n) is 4.51. The van der Waals surface area contributed by atoms with Gasteiger partial charge in [-0.05, 0) is 49.9 Å². The summed E-state index contributed by atoms with van der Waals surface area (Å²) in [7, 11) is 1.50. The second kappa shape index (κ2) is 9.10. The summed E-state index contributed by atoms with van der Waals surface area (Å²) < 4.78 is 21.8. The van der Waals surface area contributed by atoms with Crippen LogP contribution < -0.4 is 21.3 Å². The zero-order valence-electron chi connectivity index (χ0n) is 19.2. The highest BCUT2D eigenvalue weighted by atomic mass is 32.1. The van der Waals surface area contributed by atoms with Crippen LogP contribution >= 0.6 is 11.3 Å². The largest absolute Gasteiger partial charge is 0.496 e. The zero-order valence-corrected chi connectivity index (χ0v) is 20.0. The van der Waals surface area contributed by atoms with E-state index in [0.717, 1.165) is 4.57 Å². The molecule has 1 fully saturated rings. The van der Waals surface area contributed by atoms with Crippen molar-refractivity contribution in [3.05, 3.63) is 68.4 Å². The Balaban J connectivity index is 1.71. The summed E-state index contributed by atoms with van der Waals surface area (Å²) in [5, 5.41) is 12.0. The van der Waals surface area contributed by atoms with E-state index in [4.69, 9.17) is 4.74 Å². The number of ether oxygens (including phenoxy) is 1. The number of carbonyl (C=O) groups excluding carboxylic acids is 1. The van der Waals surface area contributed by atoms with E-state index in [9.17, 15) is 18.8 Å². The summed E-state index contributed by atoms with van der Waals surface area (Å²) in [4.78, 5) is 41.8. The summed E-state index contributed by atoms with van der Waals surface area (Å²) >= 11 is 1.22. The number of nitrogens with one attached hydrogen (secondary N) is 1. The average molecular weight is 499 g/mol. The molecular formula is C23H23FN6O4S. The SMILES string of the molecule is COc1ccc(F)cc1CCn1c(=O)n([C@H]2CCCNC2=O)c(=O)c2c(C)c(-n3nccn3)sc21. The van der Waals surface area contributed by atoms with Gasteiger partial charge in [-0.1, -0.05) is 11.3 Å². The van der Waals surface area contributed by atoms with E-state index in [1.54, 1.807) is 6.92 Å². The number of thiophene rings is 1. The maximum absolute atomic E-state index is 13.9. The van der Waals surface area contributed by atoms with Gasteiger partial charge >= 0.3 is 5.69 Å².